The highest BCUT2D eigenvalue weighted by Crippen LogP contribution is 2.25. The van der Waals surface area contributed by atoms with E-state index < -0.39 is 5.82 Å². The van der Waals surface area contributed by atoms with Crippen LogP contribution in [-0.4, -0.2) is 32.0 Å². The van der Waals surface area contributed by atoms with E-state index in [0.717, 1.165) is 6.07 Å². The van der Waals surface area contributed by atoms with Gasteiger partial charge in [-0.3, -0.25) is 0 Å². The van der Waals surface area contributed by atoms with Gasteiger partial charge in [-0.1, -0.05) is 11.6 Å². The van der Waals surface area contributed by atoms with Gasteiger partial charge in [0.25, 0.3) is 0 Å². The van der Waals surface area contributed by atoms with Gasteiger partial charge in [-0.2, -0.15) is 15.0 Å². The molecule has 0 aliphatic carbocycles. The molecule has 0 aliphatic rings. The first-order chi connectivity index (χ1) is 10.8. The van der Waals surface area contributed by atoms with Crippen molar-refractivity contribution in [1.29, 1.82) is 0 Å². The summed E-state index contributed by atoms with van der Waals surface area (Å²) in [7, 11) is 0. The first kappa shape index (κ1) is 17.1. The van der Waals surface area contributed by atoms with E-state index in [2.05, 4.69) is 30.6 Å². The van der Waals surface area contributed by atoms with Crippen LogP contribution in [0.15, 0.2) is 6.07 Å². The highest BCUT2D eigenvalue weighted by atomic mass is 35.5. The quantitative estimate of drug-likeness (QED) is 0.720. The van der Waals surface area contributed by atoms with Crippen molar-refractivity contribution in [3.8, 4) is 11.5 Å². The predicted molar refractivity (Wildman–Crippen MR) is 90.0 cm³/mol. The number of nitrogens with two attached hydrogens (primary N) is 1. The minimum atomic E-state index is -0.669. The molecule has 0 unspecified atom stereocenters. The Kier molecular flexibility index (Phi) is 5.15. The number of pyridine rings is 1. The number of anilines is 3. The molecule has 0 aromatic carbocycles. The number of hydrogen-bond donors (Lipinski definition) is 3. The van der Waals surface area contributed by atoms with Crippen molar-refractivity contribution in [2.24, 2.45) is 0 Å². The highest BCUT2D eigenvalue weighted by molar-refractivity contribution is 6.31. The molecular weight excluding hydrogens is 321 g/mol. The number of nitrogen functional groups attached to an aromatic ring is 1. The zero-order chi connectivity index (χ0) is 17.1. The van der Waals surface area contributed by atoms with Gasteiger partial charge < -0.3 is 16.4 Å². The molecule has 2 rings (SSSR count). The number of aromatic nitrogens is 4. The Labute approximate surface area is 138 Å². The molecule has 124 valence electrons. The third-order valence-electron chi connectivity index (χ3n) is 2.66. The third kappa shape index (κ3) is 4.38. The summed E-state index contributed by atoms with van der Waals surface area (Å²) >= 11 is 5.84. The minimum Gasteiger partial charge on any atom is -0.394 e. The third-order valence-corrected chi connectivity index (χ3v) is 2.95. The van der Waals surface area contributed by atoms with Crippen molar-refractivity contribution in [2.45, 2.75) is 39.8 Å². The van der Waals surface area contributed by atoms with Crippen LogP contribution in [0.1, 0.15) is 27.7 Å². The molecule has 0 bridgehead atoms. The fourth-order valence-corrected chi connectivity index (χ4v) is 1.93. The summed E-state index contributed by atoms with van der Waals surface area (Å²) in [5.41, 5.74) is 5.45. The number of rotatable bonds is 5. The summed E-state index contributed by atoms with van der Waals surface area (Å²) in [6.45, 7) is 7.82. The standard InChI is InChI=1S/C14H19ClFN7/c1-6(2)18-13-21-12(22-14(23-13)19-7(3)4)9-5-8(16)10(17)11(15)20-9/h5-7H,17H2,1-4H3,(H2,18,19,21,22,23). The lowest BCUT2D eigenvalue weighted by Crippen LogP contribution is -2.18. The zero-order valence-corrected chi connectivity index (χ0v) is 14.1. The Morgan fingerprint density at radius 1 is 1.00 bits per heavy atom. The highest BCUT2D eigenvalue weighted by Gasteiger charge is 2.15. The molecule has 9 heteroatoms. The molecular formula is C14H19ClFN7. The maximum Gasteiger partial charge on any atom is 0.228 e. The van der Waals surface area contributed by atoms with Crippen LogP contribution in [0.25, 0.3) is 11.5 Å². The molecule has 2 heterocycles. The number of halogens is 2. The molecule has 0 radical (unpaired) electrons. The van der Waals surface area contributed by atoms with Crippen LogP contribution in [0.5, 0.6) is 0 Å². The second-order valence-electron chi connectivity index (χ2n) is 5.60. The van der Waals surface area contributed by atoms with Crippen molar-refractivity contribution in [3.05, 3.63) is 17.0 Å². The molecule has 0 fully saturated rings. The van der Waals surface area contributed by atoms with E-state index in [1.165, 1.54) is 0 Å². The molecule has 0 amide bonds. The van der Waals surface area contributed by atoms with Crippen molar-refractivity contribution in [3.63, 3.8) is 0 Å². The number of nitrogens with zero attached hydrogens (tertiary/aromatic N) is 4. The first-order valence-corrected chi connectivity index (χ1v) is 7.55. The smallest absolute Gasteiger partial charge is 0.228 e. The van der Waals surface area contributed by atoms with Crippen LogP contribution in [-0.2, 0) is 0 Å². The fraction of sp³-hybridized carbons (Fsp3) is 0.429. The normalized spacial score (nSPS) is 11.1. The van der Waals surface area contributed by atoms with E-state index >= 15 is 0 Å². The molecule has 0 aliphatic heterocycles. The van der Waals surface area contributed by atoms with Gasteiger partial charge >= 0.3 is 0 Å². The lowest BCUT2D eigenvalue weighted by atomic mass is 10.3. The van der Waals surface area contributed by atoms with Gasteiger partial charge in [0.1, 0.15) is 11.4 Å². The van der Waals surface area contributed by atoms with Crippen molar-refractivity contribution < 1.29 is 4.39 Å². The molecule has 23 heavy (non-hydrogen) atoms. The summed E-state index contributed by atoms with van der Waals surface area (Å²) in [5.74, 6) is 0.260. The van der Waals surface area contributed by atoms with Gasteiger partial charge in [-0.05, 0) is 27.7 Å². The van der Waals surface area contributed by atoms with Crippen molar-refractivity contribution in [1.82, 2.24) is 19.9 Å². The average molecular weight is 340 g/mol. The van der Waals surface area contributed by atoms with Gasteiger partial charge in [-0.15, -0.1) is 0 Å². The van der Waals surface area contributed by atoms with E-state index in [1.54, 1.807) is 0 Å². The van der Waals surface area contributed by atoms with E-state index in [0.29, 0.717) is 11.9 Å². The van der Waals surface area contributed by atoms with Crippen LogP contribution in [0.4, 0.5) is 22.0 Å². The Bertz CT molecular complexity index is 654. The van der Waals surface area contributed by atoms with E-state index in [9.17, 15) is 4.39 Å². The summed E-state index contributed by atoms with van der Waals surface area (Å²) in [4.78, 5) is 16.8. The molecule has 0 saturated carbocycles. The Morgan fingerprint density at radius 2 is 1.52 bits per heavy atom. The minimum absolute atomic E-state index is 0.122. The van der Waals surface area contributed by atoms with Crippen LogP contribution in [0.3, 0.4) is 0 Å². The van der Waals surface area contributed by atoms with E-state index in [1.807, 2.05) is 27.7 Å². The second-order valence-corrected chi connectivity index (χ2v) is 5.96. The summed E-state index contributed by atoms with van der Waals surface area (Å²) in [6, 6.07) is 1.39. The molecule has 7 nitrogen and oxygen atoms in total. The van der Waals surface area contributed by atoms with Crippen LogP contribution >= 0.6 is 11.6 Å². The maximum atomic E-state index is 13.8. The summed E-state index contributed by atoms with van der Waals surface area (Å²) in [5, 5.41) is 6.05. The summed E-state index contributed by atoms with van der Waals surface area (Å²) in [6.07, 6.45) is 0. The number of nitrogens with one attached hydrogen (secondary N) is 2. The SMILES string of the molecule is CC(C)Nc1nc(NC(C)C)nc(-c2cc(F)c(N)c(Cl)n2)n1. The van der Waals surface area contributed by atoms with Crippen molar-refractivity contribution in [2.75, 3.05) is 16.4 Å². The molecule has 0 saturated heterocycles. The van der Waals surface area contributed by atoms with Crippen LogP contribution in [0.2, 0.25) is 5.15 Å². The second kappa shape index (κ2) is 6.91. The fourth-order valence-electron chi connectivity index (χ4n) is 1.75. The topological polar surface area (TPSA) is 102 Å². The molecule has 2 aromatic heterocycles. The zero-order valence-electron chi connectivity index (χ0n) is 13.4. The molecule has 0 spiro atoms. The lowest BCUT2D eigenvalue weighted by Gasteiger charge is -2.13. The van der Waals surface area contributed by atoms with Crippen LogP contribution in [0, 0.1) is 5.82 Å². The Morgan fingerprint density at radius 3 is 1.96 bits per heavy atom. The van der Waals surface area contributed by atoms with E-state index in [-0.39, 0.29) is 34.4 Å². The predicted octanol–water partition coefficient (Wildman–Crippen LogP) is 2.95. The van der Waals surface area contributed by atoms with Gasteiger partial charge in [0, 0.05) is 18.2 Å². The van der Waals surface area contributed by atoms with E-state index in [4.69, 9.17) is 17.3 Å². The maximum absolute atomic E-state index is 13.8. The summed E-state index contributed by atoms with van der Waals surface area (Å²) < 4.78 is 13.8. The Hall–Kier alpha value is -2.22. The van der Waals surface area contributed by atoms with Gasteiger partial charge in [0.15, 0.2) is 16.8 Å². The Balaban J connectivity index is 2.51. The van der Waals surface area contributed by atoms with Gasteiger partial charge in [0.2, 0.25) is 11.9 Å². The largest absolute Gasteiger partial charge is 0.394 e. The average Bonchev–Trinajstić information content (AvgIpc) is 2.42. The van der Waals surface area contributed by atoms with Gasteiger partial charge in [-0.25, -0.2) is 9.37 Å². The van der Waals surface area contributed by atoms with Crippen LogP contribution < -0.4 is 16.4 Å². The van der Waals surface area contributed by atoms with Gasteiger partial charge in [0.05, 0.1) is 0 Å². The number of hydrogen-bond acceptors (Lipinski definition) is 7. The molecule has 0 atom stereocenters. The monoisotopic (exact) mass is 339 g/mol. The van der Waals surface area contributed by atoms with Crippen molar-refractivity contribution >= 4 is 29.2 Å². The molecule has 2 aromatic rings. The molecule has 4 N–H and O–H groups in total. The lowest BCUT2D eigenvalue weighted by molar-refractivity contribution is 0.631. The first-order valence-electron chi connectivity index (χ1n) is 7.17.